The number of guanidine groups is 1. The van der Waals surface area contributed by atoms with Crippen LogP contribution in [0.1, 0.15) is 32.1 Å². The number of nitrogens with one attached hydrogen (secondary N) is 2. The van der Waals surface area contributed by atoms with Gasteiger partial charge in [-0.25, -0.2) is 8.42 Å². The lowest BCUT2D eigenvalue weighted by Crippen LogP contribution is -2.51. The summed E-state index contributed by atoms with van der Waals surface area (Å²) in [4.78, 5) is 7.18. The first-order valence-corrected chi connectivity index (χ1v) is 12.0. The molecule has 2 atom stereocenters. The molecule has 1 saturated carbocycles. The van der Waals surface area contributed by atoms with Gasteiger partial charge in [0.15, 0.2) is 15.8 Å². The average molecular weight is 391 g/mol. The zero-order valence-electron chi connectivity index (χ0n) is 15.8. The Balaban J connectivity index is 1.36. The fourth-order valence-electron chi connectivity index (χ4n) is 3.95. The number of anilines is 1. The third kappa shape index (κ3) is 5.37. The van der Waals surface area contributed by atoms with Gasteiger partial charge in [0.1, 0.15) is 0 Å². The Bertz CT molecular complexity index is 761. The van der Waals surface area contributed by atoms with E-state index in [0.717, 1.165) is 38.3 Å². The van der Waals surface area contributed by atoms with E-state index in [1.54, 1.807) is 0 Å². The summed E-state index contributed by atoms with van der Waals surface area (Å²) in [6.07, 6.45) is 5.42. The van der Waals surface area contributed by atoms with Crippen molar-refractivity contribution in [2.24, 2.45) is 10.9 Å². The van der Waals surface area contributed by atoms with Crippen LogP contribution in [0.3, 0.4) is 0 Å². The van der Waals surface area contributed by atoms with Gasteiger partial charge in [0.05, 0.1) is 11.5 Å². The molecule has 6 nitrogen and oxygen atoms in total. The van der Waals surface area contributed by atoms with Gasteiger partial charge in [-0.2, -0.15) is 0 Å². The molecule has 3 fully saturated rings. The molecule has 0 aromatic heterocycles. The first-order chi connectivity index (χ1) is 13.1. The van der Waals surface area contributed by atoms with Crippen LogP contribution < -0.4 is 15.5 Å². The summed E-state index contributed by atoms with van der Waals surface area (Å²) in [7, 11) is -2.84. The van der Waals surface area contributed by atoms with Crippen molar-refractivity contribution >= 4 is 21.5 Å². The predicted octanol–water partition coefficient (Wildman–Crippen LogP) is 1.79. The number of sulfone groups is 1. The highest BCUT2D eigenvalue weighted by Crippen LogP contribution is 2.22. The molecular weight excluding hydrogens is 360 g/mol. The number of hydrogen-bond acceptors (Lipinski definition) is 4. The average Bonchev–Trinajstić information content (AvgIpc) is 3.42. The van der Waals surface area contributed by atoms with Crippen molar-refractivity contribution in [2.45, 2.75) is 44.2 Å². The maximum Gasteiger partial charge on any atom is 0.191 e. The summed E-state index contributed by atoms with van der Waals surface area (Å²) < 4.78 is 23.4. The highest BCUT2D eigenvalue weighted by atomic mass is 32.2. The van der Waals surface area contributed by atoms with E-state index in [4.69, 9.17) is 4.99 Å². The minimum absolute atomic E-state index is 0.167. The maximum atomic E-state index is 11.7. The van der Waals surface area contributed by atoms with Crippen LogP contribution in [-0.4, -0.2) is 57.6 Å². The quantitative estimate of drug-likeness (QED) is 0.592. The topological polar surface area (TPSA) is 73.8 Å². The van der Waals surface area contributed by atoms with Crippen molar-refractivity contribution in [1.29, 1.82) is 0 Å². The third-order valence-corrected chi connectivity index (χ3v) is 7.47. The number of benzene rings is 1. The van der Waals surface area contributed by atoms with Crippen LogP contribution in [0.5, 0.6) is 0 Å². The van der Waals surface area contributed by atoms with Crippen LogP contribution in [-0.2, 0) is 9.84 Å². The molecule has 4 rings (SSSR count). The summed E-state index contributed by atoms with van der Waals surface area (Å²) in [5, 5.41) is 7.13. The number of rotatable bonds is 5. The smallest absolute Gasteiger partial charge is 0.191 e. The lowest BCUT2D eigenvalue weighted by Gasteiger charge is -2.35. The number of piperidine rings is 1. The molecule has 0 radical (unpaired) electrons. The summed E-state index contributed by atoms with van der Waals surface area (Å²) in [6, 6.07) is 11.4. The van der Waals surface area contributed by atoms with Crippen molar-refractivity contribution in [3.05, 3.63) is 30.3 Å². The molecule has 1 aliphatic carbocycles. The lowest BCUT2D eigenvalue weighted by molar-refractivity contribution is 0.466. The summed E-state index contributed by atoms with van der Waals surface area (Å²) in [6.45, 7) is 2.65. The van der Waals surface area contributed by atoms with E-state index < -0.39 is 9.84 Å². The minimum Gasteiger partial charge on any atom is -0.369 e. The first kappa shape index (κ1) is 18.6. The Labute approximate surface area is 162 Å². The Morgan fingerprint density at radius 2 is 1.85 bits per heavy atom. The van der Waals surface area contributed by atoms with Gasteiger partial charge in [-0.15, -0.1) is 0 Å². The van der Waals surface area contributed by atoms with E-state index in [9.17, 15) is 8.42 Å². The van der Waals surface area contributed by atoms with Gasteiger partial charge in [-0.05, 0) is 50.2 Å². The summed E-state index contributed by atoms with van der Waals surface area (Å²) in [5.74, 6) is 1.64. The summed E-state index contributed by atoms with van der Waals surface area (Å²) in [5.41, 5.74) is 1.27. The molecule has 148 valence electrons. The number of para-hydroxylation sites is 1. The molecule has 0 amide bonds. The number of aliphatic imine (C=N–C) groups is 1. The van der Waals surface area contributed by atoms with E-state index >= 15 is 0 Å². The molecule has 3 aliphatic rings. The Morgan fingerprint density at radius 1 is 1.07 bits per heavy atom. The van der Waals surface area contributed by atoms with Crippen molar-refractivity contribution < 1.29 is 8.42 Å². The van der Waals surface area contributed by atoms with Crippen molar-refractivity contribution in [3.8, 4) is 0 Å². The van der Waals surface area contributed by atoms with E-state index in [2.05, 4.69) is 45.9 Å². The number of nitrogens with zero attached hydrogens (tertiary/aromatic N) is 2. The fourth-order valence-corrected chi connectivity index (χ4v) is 5.80. The van der Waals surface area contributed by atoms with Crippen LogP contribution in [0, 0.1) is 5.92 Å². The van der Waals surface area contributed by atoms with Gasteiger partial charge in [0.25, 0.3) is 0 Å². The molecule has 1 aromatic rings. The standard InChI is InChI=1S/C20H30N4O2S/c25-27(26)12-10-16(15-27)13-21-20(22-17-8-9-17)23-18-5-4-11-24(14-18)19-6-2-1-3-7-19/h1-3,6-7,16-18H,4-5,8-15H2,(H2,21,22,23). The van der Waals surface area contributed by atoms with Crippen LogP contribution >= 0.6 is 0 Å². The molecule has 0 bridgehead atoms. The Hall–Kier alpha value is -1.76. The van der Waals surface area contributed by atoms with Crippen LogP contribution in [0.15, 0.2) is 35.3 Å². The molecule has 2 heterocycles. The highest BCUT2D eigenvalue weighted by molar-refractivity contribution is 7.91. The predicted molar refractivity (Wildman–Crippen MR) is 110 cm³/mol. The second kappa shape index (κ2) is 8.09. The second-order valence-corrected chi connectivity index (χ2v) is 10.4. The van der Waals surface area contributed by atoms with Crippen LogP contribution in [0.25, 0.3) is 0 Å². The molecule has 0 spiro atoms. The molecule has 2 aliphatic heterocycles. The van der Waals surface area contributed by atoms with Gasteiger partial charge in [0, 0.05) is 37.4 Å². The fraction of sp³-hybridized carbons (Fsp3) is 0.650. The Kier molecular flexibility index (Phi) is 5.57. The zero-order valence-corrected chi connectivity index (χ0v) is 16.6. The molecule has 1 aromatic carbocycles. The monoisotopic (exact) mass is 390 g/mol. The van der Waals surface area contributed by atoms with Crippen LogP contribution in [0.4, 0.5) is 5.69 Å². The van der Waals surface area contributed by atoms with Gasteiger partial charge < -0.3 is 15.5 Å². The molecular formula is C20H30N4O2S. The van der Waals surface area contributed by atoms with E-state index in [1.807, 2.05) is 0 Å². The second-order valence-electron chi connectivity index (χ2n) is 8.14. The zero-order chi connectivity index (χ0) is 18.7. The van der Waals surface area contributed by atoms with Gasteiger partial charge in [-0.3, -0.25) is 4.99 Å². The van der Waals surface area contributed by atoms with Crippen molar-refractivity contribution in [3.63, 3.8) is 0 Å². The van der Waals surface area contributed by atoms with E-state index in [0.29, 0.717) is 30.1 Å². The largest absolute Gasteiger partial charge is 0.369 e. The first-order valence-electron chi connectivity index (χ1n) is 10.2. The lowest BCUT2D eigenvalue weighted by atomic mass is 10.0. The van der Waals surface area contributed by atoms with E-state index in [1.165, 1.54) is 18.5 Å². The molecule has 2 unspecified atom stereocenters. The molecule has 27 heavy (non-hydrogen) atoms. The van der Waals surface area contributed by atoms with Gasteiger partial charge >= 0.3 is 0 Å². The highest BCUT2D eigenvalue weighted by Gasteiger charge is 2.29. The summed E-state index contributed by atoms with van der Waals surface area (Å²) >= 11 is 0. The Morgan fingerprint density at radius 3 is 2.56 bits per heavy atom. The van der Waals surface area contributed by atoms with Crippen LogP contribution in [0.2, 0.25) is 0 Å². The van der Waals surface area contributed by atoms with Gasteiger partial charge in [-0.1, -0.05) is 18.2 Å². The molecule has 7 heteroatoms. The van der Waals surface area contributed by atoms with Crippen molar-refractivity contribution in [2.75, 3.05) is 36.0 Å². The normalized spacial score (nSPS) is 28.1. The van der Waals surface area contributed by atoms with Crippen molar-refractivity contribution in [1.82, 2.24) is 10.6 Å². The van der Waals surface area contributed by atoms with E-state index in [-0.39, 0.29) is 5.92 Å². The molecule has 2 saturated heterocycles. The molecule has 2 N–H and O–H groups in total. The third-order valence-electron chi connectivity index (χ3n) is 5.64. The number of hydrogen-bond donors (Lipinski definition) is 2. The minimum atomic E-state index is -2.84. The maximum absolute atomic E-state index is 11.7. The van der Waals surface area contributed by atoms with Gasteiger partial charge in [0.2, 0.25) is 0 Å². The SMILES string of the molecule is O=S1(=O)CCC(CN=C(NC2CC2)NC2CCCN(c3ccccc3)C2)C1.